The number of halogens is 1. The number of carbonyl (C=O) groups is 1. The minimum absolute atomic E-state index is 0.0518. The Morgan fingerprint density at radius 2 is 1.79 bits per heavy atom. The summed E-state index contributed by atoms with van der Waals surface area (Å²) in [7, 11) is 0. The van der Waals surface area contributed by atoms with Gasteiger partial charge in [-0.05, 0) is 57.2 Å². The molecule has 3 rings (SSSR count). The summed E-state index contributed by atoms with van der Waals surface area (Å²) in [6, 6.07) is 16.9. The summed E-state index contributed by atoms with van der Waals surface area (Å²) in [6.45, 7) is 6.09. The Balaban J connectivity index is 1.78. The van der Waals surface area contributed by atoms with E-state index in [0.717, 1.165) is 5.69 Å². The van der Waals surface area contributed by atoms with E-state index in [1.165, 1.54) is 11.8 Å². The molecule has 0 saturated carbocycles. The number of thioether (sulfide) groups is 1. The maximum absolute atomic E-state index is 12.2. The van der Waals surface area contributed by atoms with Gasteiger partial charge in [0.15, 0.2) is 11.0 Å². The predicted octanol–water partition coefficient (Wildman–Crippen LogP) is 4.51. The van der Waals surface area contributed by atoms with Gasteiger partial charge in [-0.2, -0.15) is 0 Å². The molecule has 1 amide bonds. The van der Waals surface area contributed by atoms with Crippen LogP contribution in [0.2, 0.25) is 5.02 Å². The Bertz CT molecular complexity index is 953. The number of carbonyl (C=O) groups excluding carboxylic acids is 1. The summed E-state index contributed by atoms with van der Waals surface area (Å²) in [6.07, 6.45) is 0. The minimum atomic E-state index is -0.275. The Hall–Kier alpha value is -2.51. The standard InChI is InChI=1S/C21H23ClN4O2S/c1-21(2,3)23-19(27)14-29-20-25-24-18(26(20)16-7-5-4-6-8-16)13-28-17-11-9-15(22)10-12-17/h4-12H,13-14H2,1-3H3,(H,23,27). The number of hydrogen-bond acceptors (Lipinski definition) is 5. The number of benzene rings is 2. The van der Waals surface area contributed by atoms with Crippen LogP contribution in [0.15, 0.2) is 59.8 Å². The molecule has 1 heterocycles. The minimum Gasteiger partial charge on any atom is -0.486 e. The van der Waals surface area contributed by atoms with Crippen molar-refractivity contribution in [3.8, 4) is 11.4 Å². The van der Waals surface area contributed by atoms with Gasteiger partial charge >= 0.3 is 0 Å². The van der Waals surface area contributed by atoms with Gasteiger partial charge in [0.25, 0.3) is 0 Å². The Morgan fingerprint density at radius 1 is 1.10 bits per heavy atom. The van der Waals surface area contributed by atoms with Crippen LogP contribution in [0.3, 0.4) is 0 Å². The lowest BCUT2D eigenvalue weighted by atomic mass is 10.1. The average molecular weight is 431 g/mol. The summed E-state index contributed by atoms with van der Waals surface area (Å²) < 4.78 is 7.75. The van der Waals surface area contributed by atoms with Gasteiger partial charge in [0.05, 0.1) is 5.75 Å². The number of nitrogens with one attached hydrogen (secondary N) is 1. The van der Waals surface area contributed by atoms with Crippen molar-refractivity contribution in [2.45, 2.75) is 38.1 Å². The van der Waals surface area contributed by atoms with Gasteiger partial charge in [-0.3, -0.25) is 9.36 Å². The zero-order chi connectivity index (χ0) is 20.9. The Morgan fingerprint density at radius 3 is 2.45 bits per heavy atom. The first kappa shape index (κ1) is 21.2. The van der Waals surface area contributed by atoms with Crippen molar-refractivity contribution < 1.29 is 9.53 Å². The molecular weight excluding hydrogens is 408 g/mol. The summed E-state index contributed by atoms with van der Waals surface area (Å²) in [4.78, 5) is 12.2. The number of para-hydroxylation sites is 1. The van der Waals surface area contributed by atoms with E-state index < -0.39 is 0 Å². The molecule has 0 saturated heterocycles. The van der Waals surface area contributed by atoms with Crippen molar-refractivity contribution in [3.05, 3.63) is 65.4 Å². The van der Waals surface area contributed by atoms with E-state index in [2.05, 4.69) is 15.5 Å². The highest BCUT2D eigenvalue weighted by Gasteiger charge is 2.18. The van der Waals surface area contributed by atoms with Gasteiger partial charge in [0.2, 0.25) is 5.91 Å². The first-order valence-electron chi connectivity index (χ1n) is 9.14. The molecule has 2 aromatic carbocycles. The van der Waals surface area contributed by atoms with Crippen LogP contribution in [-0.2, 0) is 11.4 Å². The van der Waals surface area contributed by atoms with Gasteiger partial charge in [0.1, 0.15) is 12.4 Å². The molecular formula is C21H23ClN4O2S. The van der Waals surface area contributed by atoms with Gasteiger partial charge < -0.3 is 10.1 Å². The fourth-order valence-corrected chi connectivity index (χ4v) is 3.48. The quantitative estimate of drug-likeness (QED) is 0.558. The highest BCUT2D eigenvalue weighted by molar-refractivity contribution is 7.99. The predicted molar refractivity (Wildman–Crippen MR) is 116 cm³/mol. The van der Waals surface area contributed by atoms with Crippen molar-refractivity contribution in [1.82, 2.24) is 20.1 Å². The molecule has 29 heavy (non-hydrogen) atoms. The van der Waals surface area contributed by atoms with Crippen LogP contribution in [0, 0.1) is 0 Å². The first-order valence-corrected chi connectivity index (χ1v) is 10.5. The van der Waals surface area contributed by atoms with E-state index in [1.807, 2.05) is 55.7 Å². The topological polar surface area (TPSA) is 69.0 Å². The number of ether oxygens (including phenoxy) is 1. The third kappa shape index (κ3) is 6.24. The number of nitrogens with zero attached hydrogens (tertiary/aromatic N) is 3. The molecule has 1 N–H and O–H groups in total. The van der Waals surface area contributed by atoms with Crippen LogP contribution < -0.4 is 10.1 Å². The molecule has 3 aromatic rings. The second kappa shape index (κ2) is 9.33. The van der Waals surface area contributed by atoms with Gasteiger partial charge in [-0.1, -0.05) is 41.6 Å². The molecule has 0 unspecified atom stereocenters. The maximum Gasteiger partial charge on any atom is 0.230 e. The highest BCUT2D eigenvalue weighted by Crippen LogP contribution is 2.23. The molecule has 0 radical (unpaired) electrons. The average Bonchev–Trinajstić information content (AvgIpc) is 3.08. The monoisotopic (exact) mass is 430 g/mol. The molecule has 0 aliphatic rings. The van der Waals surface area contributed by atoms with Crippen molar-refractivity contribution >= 4 is 29.3 Å². The molecule has 1 aromatic heterocycles. The summed E-state index contributed by atoms with van der Waals surface area (Å²) in [5.41, 5.74) is 0.633. The lowest BCUT2D eigenvalue weighted by Crippen LogP contribution is -2.41. The number of aromatic nitrogens is 3. The largest absolute Gasteiger partial charge is 0.486 e. The Kier molecular flexibility index (Phi) is 6.82. The Labute approximate surface area is 179 Å². The highest BCUT2D eigenvalue weighted by atomic mass is 35.5. The fraction of sp³-hybridized carbons (Fsp3) is 0.286. The SMILES string of the molecule is CC(C)(C)NC(=O)CSc1nnc(COc2ccc(Cl)cc2)n1-c1ccccc1. The van der Waals surface area contributed by atoms with E-state index in [-0.39, 0.29) is 23.8 Å². The third-order valence-electron chi connectivity index (χ3n) is 3.74. The first-order chi connectivity index (χ1) is 13.8. The van der Waals surface area contributed by atoms with E-state index in [1.54, 1.807) is 24.3 Å². The normalized spacial score (nSPS) is 11.3. The van der Waals surface area contributed by atoms with E-state index >= 15 is 0 Å². The molecule has 0 spiro atoms. The zero-order valence-corrected chi connectivity index (χ0v) is 18.1. The fourth-order valence-electron chi connectivity index (χ4n) is 2.59. The second-order valence-corrected chi connectivity index (χ2v) is 8.78. The molecule has 6 nitrogen and oxygen atoms in total. The number of amides is 1. The summed E-state index contributed by atoms with van der Waals surface area (Å²) >= 11 is 7.26. The second-order valence-electron chi connectivity index (χ2n) is 7.40. The van der Waals surface area contributed by atoms with Crippen LogP contribution in [0.1, 0.15) is 26.6 Å². The van der Waals surface area contributed by atoms with Gasteiger partial charge in [-0.15, -0.1) is 10.2 Å². The molecule has 8 heteroatoms. The van der Waals surface area contributed by atoms with Gasteiger partial charge in [-0.25, -0.2) is 0 Å². The van der Waals surface area contributed by atoms with Crippen LogP contribution in [0.25, 0.3) is 5.69 Å². The third-order valence-corrected chi connectivity index (χ3v) is 4.92. The molecule has 152 valence electrons. The van der Waals surface area contributed by atoms with Crippen LogP contribution >= 0.6 is 23.4 Å². The summed E-state index contributed by atoms with van der Waals surface area (Å²) in [5.74, 6) is 1.53. The van der Waals surface area contributed by atoms with E-state index in [9.17, 15) is 4.79 Å². The molecule has 0 aliphatic heterocycles. The van der Waals surface area contributed by atoms with Crippen molar-refractivity contribution in [1.29, 1.82) is 0 Å². The molecule has 0 fully saturated rings. The molecule has 0 atom stereocenters. The van der Waals surface area contributed by atoms with Gasteiger partial charge in [0, 0.05) is 16.2 Å². The molecule has 0 bridgehead atoms. The van der Waals surface area contributed by atoms with Crippen LogP contribution in [0.5, 0.6) is 5.75 Å². The van der Waals surface area contributed by atoms with E-state index in [0.29, 0.717) is 21.8 Å². The lowest BCUT2D eigenvalue weighted by molar-refractivity contribution is -0.119. The van der Waals surface area contributed by atoms with Crippen molar-refractivity contribution in [2.24, 2.45) is 0 Å². The van der Waals surface area contributed by atoms with Crippen LogP contribution in [0.4, 0.5) is 0 Å². The lowest BCUT2D eigenvalue weighted by Gasteiger charge is -2.20. The summed E-state index contributed by atoms with van der Waals surface area (Å²) in [5, 5.41) is 12.8. The smallest absolute Gasteiger partial charge is 0.230 e. The molecule has 0 aliphatic carbocycles. The van der Waals surface area contributed by atoms with E-state index in [4.69, 9.17) is 16.3 Å². The van der Waals surface area contributed by atoms with Crippen LogP contribution in [-0.4, -0.2) is 32.0 Å². The zero-order valence-electron chi connectivity index (χ0n) is 16.6. The van der Waals surface area contributed by atoms with Crippen molar-refractivity contribution in [3.63, 3.8) is 0 Å². The van der Waals surface area contributed by atoms with Crippen molar-refractivity contribution in [2.75, 3.05) is 5.75 Å². The maximum atomic E-state index is 12.2. The number of hydrogen-bond donors (Lipinski definition) is 1. The number of rotatable bonds is 7.